The van der Waals surface area contributed by atoms with Gasteiger partial charge in [-0.25, -0.2) is 4.79 Å². The van der Waals surface area contributed by atoms with Crippen molar-refractivity contribution in [2.24, 2.45) is 5.92 Å². The van der Waals surface area contributed by atoms with Crippen LogP contribution in [0, 0.1) is 5.92 Å². The Morgan fingerprint density at radius 2 is 1.85 bits per heavy atom. The summed E-state index contributed by atoms with van der Waals surface area (Å²) in [6.07, 6.45) is 4.10. The Kier molecular flexibility index (Phi) is 7.10. The van der Waals surface area contributed by atoms with E-state index < -0.39 is 24.3 Å². The van der Waals surface area contributed by atoms with Crippen LogP contribution in [0.1, 0.15) is 38.5 Å². The normalized spacial score (nSPS) is 28.6. The average molecular weight is 370 g/mol. The highest BCUT2D eigenvalue weighted by Gasteiger charge is 2.34. The number of nitrogens with zero attached hydrogens (tertiary/aromatic N) is 1. The van der Waals surface area contributed by atoms with Crippen LogP contribution in [-0.4, -0.2) is 79.8 Å². The van der Waals surface area contributed by atoms with Crippen LogP contribution in [0.25, 0.3) is 0 Å². The number of morpholine rings is 1. The number of hydrogen-bond acceptors (Lipinski definition) is 6. The van der Waals surface area contributed by atoms with Crippen molar-refractivity contribution in [2.45, 2.75) is 56.8 Å². The number of alkyl carbamates (subject to hydrolysis) is 1. The summed E-state index contributed by atoms with van der Waals surface area (Å²) in [7, 11) is 0. The number of aliphatic hydroxyl groups excluding tert-OH is 1. The van der Waals surface area contributed by atoms with Gasteiger partial charge in [-0.15, -0.1) is 0 Å². The number of rotatable bonds is 5. The molecule has 3 rings (SSSR count). The molecule has 1 aliphatic carbocycles. The molecule has 2 aliphatic heterocycles. The second kappa shape index (κ2) is 9.53. The fraction of sp³-hybridized carbons (Fsp3) is 0.889. The zero-order valence-corrected chi connectivity index (χ0v) is 15.2. The number of carbonyl (C=O) groups is 2. The van der Waals surface area contributed by atoms with Gasteiger partial charge in [-0.05, 0) is 12.3 Å². The average Bonchev–Trinajstić information content (AvgIpc) is 3.06. The fourth-order valence-corrected chi connectivity index (χ4v) is 3.91. The lowest BCUT2D eigenvalue weighted by Crippen LogP contribution is -2.50. The van der Waals surface area contributed by atoms with Gasteiger partial charge in [-0.3, -0.25) is 4.79 Å². The molecule has 2 saturated heterocycles. The summed E-state index contributed by atoms with van der Waals surface area (Å²) in [5.41, 5.74) is 0. The van der Waals surface area contributed by atoms with Crippen molar-refractivity contribution in [3.8, 4) is 0 Å². The van der Waals surface area contributed by atoms with Gasteiger partial charge in [-0.2, -0.15) is 0 Å². The number of aliphatic hydroxyl groups is 1. The number of ether oxygens (including phenoxy) is 3. The van der Waals surface area contributed by atoms with Gasteiger partial charge >= 0.3 is 6.09 Å². The van der Waals surface area contributed by atoms with Gasteiger partial charge in [0.25, 0.3) is 5.91 Å². The van der Waals surface area contributed by atoms with Crippen LogP contribution in [0.2, 0.25) is 0 Å². The van der Waals surface area contributed by atoms with Crippen molar-refractivity contribution in [2.75, 3.05) is 39.5 Å². The minimum Gasteiger partial charge on any atom is -0.436 e. The number of carbonyl (C=O) groups excluding carboxylic acids is 2. The van der Waals surface area contributed by atoms with E-state index in [4.69, 9.17) is 14.2 Å². The Morgan fingerprint density at radius 1 is 1.12 bits per heavy atom. The van der Waals surface area contributed by atoms with Crippen LogP contribution in [0.4, 0.5) is 4.79 Å². The number of hydrogen-bond donors (Lipinski definition) is 2. The van der Waals surface area contributed by atoms with Crippen molar-refractivity contribution in [3.05, 3.63) is 0 Å². The molecule has 0 aromatic carbocycles. The Bertz CT molecular complexity index is 476. The number of amides is 2. The third kappa shape index (κ3) is 5.31. The molecule has 8 nitrogen and oxygen atoms in total. The van der Waals surface area contributed by atoms with Crippen molar-refractivity contribution >= 4 is 12.0 Å². The molecule has 2 N–H and O–H groups in total. The summed E-state index contributed by atoms with van der Waals surface area (Å²) in [4.78, 5) is 26.9. The highest BCUT2D eigenvalue weighted by molar-refractivity contribution is 5.83. The molecule has 3 atom stereocenters. The summed E-state index contributed by atoms with van der Waals surface area (Å²) in [6, 6.07) is -0.490. The van der Waals surface area contributed by atoms with Crippen LogP contribution >= 0.6 is 0 Å². The van der Waals surface area contributed by atoms with Gasteiger partial charge in [0.15, 0.2) is 6.10 Å². The molecule has 1 saturated carbocycles. The largest absolute Gasteiger partial charge is 0.436 e. The summed E-state index contributed by atoms with van der Waals surface area (Å²) < 4.78 is 16.0. The lowest BCUT2D eigenvalue weighted by Gasteiger charge is -2.32. The van der Waals surface area contributed by atoms with Crippen LogP contribution in [0.3, 0.4) is 0 Å². The van der Waals surface area contributed by atoms with E-state index in [2.05, 4.69) is 5.32 Å². The third-order valence-corrected chi connectivity index (χ3v) is 5.47. The van der Waals surface area contributed by atoms with Crippen molar-refractivity contribution in [1.82, 2.24) is 10.2 Å². The molecule has 0 aromatic rings. The molecule has 3 aliphatic rings. The maximum atomic E-state index is 12.9. The lowest BCUT2D eigenvalue weighted by atomic mass is 9.85. The third-order valence-electron chi connectivity index (χ3n) is 5.47. The van der Waals surface area contributed by atoms with E-state index in [1.54, 1.807) is 4.90 Å². The van der Waals surface area contributed by atoms with Crippen LogP contribution in [0.5, 0.6) is 0 Å². The first-order chi connectivity index (χ1) is 12.6. The monoisotopic (exact) mass is 370 g/mol. The van der Waals surface area contributed by atoms with E-state index in [-0.39, 0.29) is 19.1 Å². The highest BCUT2D eigenvalue weighted by Crippen LogP contribution is 2.28. The molecule has 148 valence electrons. The highest BCUT2D eigenvalue weighted by atomic mass is 16.6. The van der Waals surface area contributed by atoms with E-state index in [1.807, 2.05) is 0 Å². The van der Waals surface area contributed by atoms with E-state index >= 15 is 0 Å². The zero-order valence-electron chi connectivity index (χ0n) is 15.2. The minimum atomic E-state index is -0.782. The first-order valence-corrected chi connectivity index (χ1v) is 9.73. The summed E-state index contributed by atoms with van der Waals surface area (Å²) >= 11 is 0. The summed E-state index contributed by atoms with van der Waals surface area (Å²) in [5.74, 6) is 0.268. The van der Waals surface area contributed by atoms with Gasteiger partial charge in [0.1, 0.15) is 0 Å². The maximum absolute atomic E-state index is 12.9. The summed E-state index contributed by atoms with van der Waals surface area (Å²) in [6.45, 7) is 2.53. The van der Waals surface area contributed by atoms with Gasteiger partial charge < -0.3 is 29.5 Å². The van der Waals surface area contributed by atoms with E-state index in [0.717, 1.165) is 12.8 Å². The Morgan fingerprint density at radius 3 is 2.50 bits per heavy atom. The van der Waals surface area contributed by atoms with E-state index in [0.29, 0.717) is 38.6 Å². The standard InChI is InChI=1S/C18H30N2O6/c21-15-12-25-11-14(15)19-18(23)26-16(10-13-4-2-1-3-5-13)17(22)20-6-8-24-9-7-20/h13-16,21H,1-12H2,(H,19,23)/t14-,15-,16-/m0/s1. The van der Waals surface area contributed by atoms with Crippen molar-refractivity contribution < 1.29 is 28.9 Å². The predicted octanol–water partition coefficient (Wildman–Crippen LogP) is 0.670. The van der Waals surface area contributed by atoms with Crippen molar-refractivity contribution in [3.63, 3.8) is 0 Å². The first kappa shape index (κ1) is 19.4. The molecule has 0 bridgehead atoms. The Hall–Kier alpha value is -1.38. The predicted molar refractivity (Wildman–Crippen MR) is 92.6 cm³/mol. The molecule has 2 heterocycles. The fourth-order valence-electron chi connectivity index (χ4n) is 3.91. The molecule has 2 amide bonds. The second-order valence-corrected chi connectivity index (χ2v) is 7.43. The van der Waals surface area contributed by atoms with E-state index in [1.165, 1.54) is 19.3 Å². The van der Waals surface area contributed by atoms with Gasteiger partial charge in [0.2, 0.25) is 0 Å². The molecule has 3 fully saturated rings. The topological polar surface area (TPSA) is 97.3 Å². The zero-order chi connectivity index (χ0) is 18.4. The second-order valence-electron chi connectivity index (χ2n) is 7.43. The molecule has 0 unspecified atom stereocenters. The van der Waals surface area contributed by atoms with Gasteiger partial charge in [0.05, 0.1) is 38.6 Å². The van der Waals surface area contributed by atoms with Crippen molar-refractivity contribution in [1.29, 1.82) is 0 Å². The molecule has 0 radical (unpaired) electrons. The van der Waals surface area contributed by atoms with Gasteiger partial charge in [-0.1, -0.05) is 32.1 Å². The lowest BCUT2D eigenvalue weighted by molar-refractivity contribution is -0.145. The first-order valence-electron chi connectivity index (χ1n) is 9.73. The maximum Gasteiger partial charge on any atom is 0.408 e. The SMILES string of the molecule is O=C(N[C@H]1COC[C@@H]1O)O[C@@H](CC1CCCCC1)C(=O)N1CCOCC1. The van der Waals surface area contributed by atoms with Crippen LogP contribution in [0.15, 0.2) is 0 Å². The van der Waals surface area contributed by atoms with E-state index in [9.17, 15) is 14.7 Å². The molecule has 8 heteroatoms. The molecule has 0 spiro atoms. The van der Waals surface area contributed by atoms with Crippen LogP contribution < -0.4 is 5.32 Å². The molecule has 0 aromatic heterocycles. The quantitative estimate of drug-likeness (QED) is 0.738. The van der Waals surface area contributed by atoms with Crippen LogP contribution in [-0.2, 0) is 19.0 Å². The smallest absolute Gasteiger partial charge is 0.408 e. The molecular formula is C18H30N2O6. The molecular weight excluding hydrogens is 340 g/mol. The Labute approximate surface area is 154 Å². The molecule has 26 heavy (non-hydrogen) atoms. The minimum absolute atomic E-state index is 0.141. The Balaban J connectivity index is 1.59. The number of nitrogens with one attached hydrogen (secondary N) is 1. The van der Waals surface area contributed by atoms with Gasteiger partial charge in [0, 0.05) is 13.1 Å². The summed E-state index contributed by atoms with van der Waals surface area (Å²) in [5, 5.41) is 12.4.